The number of carbonyl (C=O) groups excluding carboxylic acids is 1. The first-order chi connectivity index (χ1) is 11.8. The van der Waals surface area contributed by atoms with Gasteiger partial charge in [-0.15, -0.1) is 0 Å². The highest BCUT2D eigenvalue weighted by atomic mass is 16.6. The van der Waals surface area contributed by atoms with Gasteiger partial charge in [0, 0.05) is 19.1 Å². The fourth-order valence-electron chi connectivity index (χ4n) is 4.64. The standard InChI is InChI=1S/C18H22N2O4/c21-18-19-14(10-20-9-11-1-3-13(20)7-11)17(24-18)12-2-4-15-16(8-12)23-6-5-22-15/h2,4,8,11,13-14,17H,1,3,5-7,9-10H2,(H,19,21)/t11?,13?,14-,17-/m1/s1. The maximum absolute atomic E-state index is 11.9. The first kappa shape index (κ1) is 14.4. The summed E-state index contributed by atoms with van der Waals surface area (Å²) in [6, 6.07) is 6.50. The number of nitrogens with one attached hydrogen (secondary N) is 1. The molecule has 1 N–H and O–H groups in total. The molecule has 1 saturated carbocycles. The lowest BCUT2D eigenvalue weighted by atomic mass is 10.0. The molecular formula is C18H22N2O4. The summed E-state index contributed by atoms with van der Waals surface area (Å²) in [6.45, 7) is 3.14. The predicted octanol–water partition coefficient (Wildman–Crippen LogP) is 2.09. The van der Waals surface area contributed by atoms with E-state index in [1.54, 1.807) is 0 Å². The van der Waals surface area contributed by atoms with Crippen LogP contribution >= 0.6 is 0 Å². The molecule has 0 radical (unpaired) electrons. The van der Waals surface area contributed by atoms with Crippen LogP contribution in [0.15, 0.2) is 18.2 Å². The van der Waals surface area contributed by atoms with Crippen LogP contribution in [0.5, 0.6) is 11.5 Å². The van der Waals surface area contributed by atoms with Gasteiger partial charge in [0.1, 0.15) is 13.2 Å². The summed E-state index contributed by atoms with van der Waals surface area (Å²) in [6.07, 6.45) is 3.37. The van der Waals surface area contributed by atoms with Gasteiger partial charge in [0.15, 0.2) is 17.6 Å². The number of rotatable bonds is 3. The van der Waals surface area contributed by atoms with Crippen molar-refractivity contribution >= 4 is 6.09 Å². The van der Waals surface area contributed by atoms with Crippen LogP contribution in [-0.4, -0.2) is 49.4 Å². The van der Waals surface area contributed by atoms with Crippen molar-refractivity contribution in [3.8, 4) is 11.5 Å². The van der Waals surface area contributed by atoms with Gasteiger partial charge >= 0.3 is 6.09 Å². The summed E-state index contributed by atoms with van der Waals surface area (Å²) in [5.74, 6) is 2.34. The second-order valence-electron chi connectivity index (χ2n) is 7.27. The number of ether oxygens (including phenoxy) is 3. The SMILES string of the molecule is O=C1N[C@H](CN2CC3CCC2C3)[C@@H](c2ccc3c(c2)OCCO3)O1. The monoisotopic (exact) mass is 330 g/mol. The Morgan fingerprint density at radius 2 is 2.04 bits per heavy atom. The van der Waals surface area contributed by atoms with Gasteiger partial charge in [-0.3, -0.25) is 4.90 Å². The Labute approximate surface area is 141 Å². The van der Waals surface area contributed by atoms with Crippen molar-refractivity contribution in [3.05, 3.63) is 23.8 Å². The first-order valence-corrected chi connectivity index (χ1v) is 8.87. The van der Waals surface area contributed by atoms with E-state index in [1.807, 2.05) is 18.2 Å². The number of hydrogen-bond acceptors (Lipinski definition) is 5. The summed E-state index contributed by atoms with van der Waals surface area (Å²) < 4.78 is 16.8. The molecule has 128 valence electrons. The van der Waals surface area contributed by atoms with Gasteiger partial charge < -0.3 is 19.5 Å². The van der Waals surface area contributed by atoms with Gasteiger partial charge in [-0.25, -0.2) is 4.79 Å². The van der Waals surface area contributed by atoms with Gasteiger partial charge in [-0.2, -0.15) is 0 Å². The highest BCUT2D eigenvalue weighted by molar-refractivity contribution is 5.70. The Bertz CT molecular complexity index is 664. The molecule has 2 saturated heterocycles. The predicted molar refractivity (Wildman–Crippen MR) is 86.3 cm³/mol. The molecule has 2 unspecified atom stereocenters. The van der Waals surface area contributed by atoms with Gasteiger partial charge in [0.25, 0.3) is 0 Å². The van der Waals surface area contributed by atoms with Gasteiger partial charge in [-0.1, -0.05) is 6.07 Å². The van der Waals surface area contributed by atoms with Gasteiger partial charge in [0.05, 0.1) is 6.04 Å². The molecule has 24 heavy (non-hydrogen) atoms. The Hall–Kier alpha value is -1.95. The number of carbonyl (C=O) groups is 1. The van der Waals surface area contributed by atoms with E-state index in [4.69, 9.17) is 14.2 Å². The molecule has 6 nitrogen and oxygen atoms in total. The molecule has 5 rings (SSSR count). The van der Waals surface area contributed by atoms with Crippen molar-refractivity contribution < 1.29 is 19.0 Å². The molecule has 6 heteroatoms. The molecule has 0 spiro atoms. The van der Waals surface area contributed by atoms with Gasteiger partial charge in [-0.05, 0) is 42.9 Å². The number of amides is 1. The van der Waals surface area contributed by atoms with E-state index in [1.165, 1.54) is 19.3 Å². The van der Waals surface area contributed by atoms with Crippen LogP contribution in [0, 0.1) is 5.92 Å². The smallest absolute Gasteiger partial charge is 0.408 e. The van der Waals surface area contributed by atoms with Crippen LogP contribution in [0.3, 0.4) is 0 Å². The van der Waals surface area contributed by atoms with E-state index >= 15 is 0 Å². The number of hydrogen-bond donors (Lipinski definition) is 1. The third-order valence-corrected chi connectivity index (χ3v) is 5.75. The summed E-state index contributed by atoms with van der Waals surface area (Å²) >= 11 is 0. The number of piperidine rings is 1. The number of fused-ring (bicyclic) bond motifs is 3. The zero-order valence-electron chi connectivity index (χ0n) is 13.6. The molecule has 1 aromatic carbocycles. The third kappa shape index (κ3) is 2.40. The first-order valence-electron chi connectivity index (χ1n) is 8.87. The number of nitrogens with zero attached hydrogens (tertiary/aromatic N) is 1. The number of likely N-dealkylation sites (tertiary alicyclic amines) is 1. The van der Waals surface area contributed by atoms with Crippen molar-refractivity contribution in [3.63, 3.8) is 0 Å². The van der Waals surface area contributed by atoms with Crippen molar-refractivity contribution in [2.24, 2.45) is 5.92 Å². The Kier molecular flexibility index (Phi) is 3.33. The summed E-state index contributed by atoms with van der Waals surface area (Å²) in [5.41, 5.74) is 0.965. The average Bonchev–Trinajstić information content (AvgIpc) is 3.30. The van der Waals surface area contributed by atoms with Crippen LogP contribution in [0.2, 0.25) is 0 Å². The Morgan fingerprint density at radius 3 is 2.83 bits per heavy atom. The number of cyclic esters (lactones) is 1. The lowest BCUT2D eigenvalue weighted by Crippen LogP contribution is -2.44. The molecule has 2 bridgehead atoms. The maximum atomic E-state index is 11.9. The molecule has 1 aromatic rings. The van der Waals surface area contributed by atoms with Crippen LogP contribution in [0.1, 0.15) is 30.9 Å². The van der Waals surface area contributed by atoms with Gasteiger partial charge in [0.2, 0.25) is 0 Å². The normalized spacial score (nSPS) is 34.2. The molecule has 1 aliphatic carbocycles. The maximum Gasteiger partial charge on any atom is 0.408 e. The average molecular weight is 330 g/mol. The van der Waals surface area contributed by atoms with Crippen molar-refractivity contribution in [1.29, 1.82) is 0 Å². The van der Waals surface area contributed by atoms with Crippen molar-refractivity contribution in [2.45, 2.75) is 37.5 Å². The lowest BCUT2D eigenvalue weighted by Gasteiger charge is -2.30. The molecule has 3 aliphatic heterocycles. The highest BCUT2D eigenvalue weighted by Crippen LogP contribution is 2.40. The fraction of sp³-hybridized carbons (Fsp3) is 0.611. The van der Waals surface area contributed by atoms with Crippen molar-refractivity contribution in [1.82, 2.24) is 10.2 Å². The third-order valence-electron chi connectivity index (χ3n) is 5.75. The van der Waals surface area contributed by atoms with Crippen LogP contribution in [0.4, 0.5) is 4.79 Å². The number of benzene rings is 1. The number of alkyl carbamates (subject to hydrolysis) is 1. The summed E-state index contributed by atoms with van der Waals surface area (Å²) in [5, 5.41) is 2.99. The molecule has 4 atom stereocenters. The fourth-order valence-corrected chi connectivity index (χ4v) is 4.64. The second kappa shape index (κ2) is 5.55. The second-order valence-corrected chi connectivity index (χ2v) is 7.27. The molecule has 4 aliphatic rings. The Morgan fingerprint density at radius 1 is 1.17 bits per heavy atom. The van der Waals surface area contributed by atoms with E-state index in [0.717, 1.165) is 36.1 Å². The largest absolute Gasteiger partial charge is 0.486 e. The van der Waals surface area contributed by atoms with E-state index in [9.17, 15) is 4.79 Å². The van der Waals surface area contributed by atoms with Crippen LogP contribution in [0.25, 0.3) is 0 Å². The van der Waals surface area contributed by atoms with E-state index in [0.29, 0.717) is 19.3 Å². The molecule has 0 aromatic heterocycles. The molecule has 1 amide bonds. The topological polar surface area (TPSA) is 60.0 Å². The van der Waals surface area contributed by atoms with Crippen molar-refractivity contribution in [2.75, 3.05) is 26.3 Å². The minimum absolute atomic E-state index is 0.0144. The minimum Gasteiger partial charge on any atom is -0.486 e. The molecule has 3 fully saturated rings. The van der Waals surface area contributed by atoms with E-state index in [2.05, 4.69) is 10.2 Å². The van der Waals surface area contributed by atoms with E-state index in [-0.39, 0.29) is 18.2 Å². The summed E-state index contributed by atoms with van der Waals surface area (Å²) in [7, 11) is 0. The van der Waals surface area contributed by atoms with E-state index < -0.39 is 0 Å². The highest BCUT2D eigenvalue weighted by Gasteiger charge is 2.42. The summed E-state index contributed by atoms with van der Waals surface area (Å²) in [4.78, 5) is 14.4. The zero-order chi connectivity index (χ0) is 16.1. The molecule has 3 heterocycles. The zero-order valence-corrected chi connectivity index (χ0v) is 13.6. The molecular weight excluding hydrogens is 308 g/mol. The van der Waals surface area contributed by atoms with Crippen LogP contribution in [-0.2, 0) is 4.74 Å². The Balaban J connectivity index is 1.36. The van der Waals surface area contributed by atoms with Crippen LogP contribution < -0.4 is 14.8 Å². The quantitative estimate of drug-likeness (QED) is 0.920. The minimum atomic E-state index is -0.329. The lowest BCUT2D eigenvalue weighted by molar-refractivity contribution is 0.116.